The fourth-order valence-corrected chi connectivity index (χ4v) is 1.48. The molecule has 0 spiro atoms. The Morgan fingerprint density at radius 1 is 1.35 bits per heavy atom. The summed E-state index contributed by atoms with van der Waals surface area (Å²) in [6, 6.07) is 7.61. The molecule has 1 aromatic heterocycles. The van der Waals surface area contributed by atoms with E-state index in [4.69, 9.17) is 15.2 Å². The Balaban J connectivity index is 2.24. The van der Waals surface area contributed by atoms with Crippen molar-refractivity contribution in [2.75, 3.05) is 7.11 Å². The first-order valence-corrected chi connectivity index (χ1v) is 5.30. The Morgan fingerprint density at radius 2 is 2.18 bits per heavy atom. The molecule has 1 heterocycles. The smallest absolute Gasteiger partial charge is 0.160 e. The zero-order valence-electron chi connectivity index (χ0n) is 9.83. The van der Waals surface area contributed by atoms with Crippen LogP contribution in [0.3, 0.4) is 0 Å². The lowest BCUT2D eigenvalue weighted by Crippen LogP contribution is -2.22. The van der Waals surface area contributed by atoms with E-state index in [1.54, 1.807) is 31.1 Å². The fourth-order valence-electron chi connectivity index (χ4n) is 1.48. The summed E-state index contributed by atoms with van der Waals surface area (Å²) in [4.78, 5) is 0. The maximum absolute atomic E-state index is 5.54. The fraction of sp³-hybridized carbons (Fsp3) is 0.250. The predicted molar refractivity (Wildman–Crippen MR) is 64.4 cm³/mol. The van der Waals surface area contributed by atoms with Crippen LogP contribution in [0.1, 0.15) is 6.92 Å². The quantitative estimate of drug-likeness (QED) is 0.814. The lowest BCUT2D eigenvalue weighted by atomic mass is 10.3. The molecule has 1 atom stereocenters. The zero-order valence-corrected chi connectivity index (χ0v) is 9.83. The highest BCUT2D eigenvalue weighted by Gasteiger charge is 2.04. The first kappa shape index (κ1) is 11.5. The van der Waals surface area contributed by atoms with Crippen molar-refractivity contribution < 1.29 is 9.47 Å². The maximum Gasteiger partial charge on any atom is 0.160 e. The number of ether oxygens (including phenoxy) is 2. The third-order valence-corrected chi connectivity index (χ3v) is 2.20. The average Bonchev–Trinajstić information content (AvgIpc) is 2.77. The first-order chi connectivity index (χ1) is 8.19. The van der Waals surface area contributed by atoms with E-state index in [1.807, 2.05) is 24.3 Å². The first-order valence-electron chi connectivity index (χ1n) is 5.30. The molecule has 0 aliphatic carbocycles. The van der Waals surface area contributed by atoms with Crippen molar-refractivity contribution in [1.29, 1.82) is 0 Å². The van der Waals surface area contributed by atoms with E-state index >= 15 is 0 Å². The number of hydrogen-bond acceptors (Lipinski definition) is 4. The van der Waals surface area contributed by atoms with Gasteiger partial charge in [-0.2, -0.15) is 5.10 Å². The molecule has 90 valence electrons. The van der Waals surface area contributed by atoms with Crippen LogP contribution in [-0.2, 0) is 0 Å². The SMILES string of the molecule is COc1cccc(-n2cc(OC(C)N)cn2)c1. The van der Waals surface area contributed by atoms with Crippen LogP contribution >= 0.6 is 0 Å². The van der Waals surface area contributed by atoms with Gasteiger partial charge in [-0.1, -0.05) is 6.07 Å². The van der Waals surface area contributed by atoms with Gasteiger partial charge in [0, 0.05) is 6.07 Å². The molecule has 5 heteroatoms. The van der Waals surface area contributed by atoms with Gasteiger partial charge in [0.1, 0.15) is 12.0 Å². The summed E-state index contributed by atoms with van der Waals surface area (Å²) in [5.74, 6) is 1.43. The molecule has 5 nitrogen and oxygen atoms in total. The number of rotatable bonds is 4. The van der Waals surface area contributed by atoms with Gasteiger partial charge in [0.25, 0.3) is 0 Å². The number of nitrogens with two attached hydrogens (primary N) is 1. The van der Waals surface area contributed by atoms with Crippen LogP contribution in [0.2, 0.25) is 0 Å². The van der Waals surface area contributed by atoms with Crippen molar-refractivity contribution in [2.24, 2.45) is 5.73 Å². The van der Waals surface area contributed by atoms with Crippen LogP contribution in [0.4, 0.5) is 0 Å². The van der Waals surface area contributed by atoms with E-state index in [-0.39, 0.29) is 6.23 Å². The molecule has 0 saturated carbocycles. The van der Waals surface area contributed by atoms with E-state index in [0.717, 1.165) is 11.4 Å². The van der Waals surface area contributed by atoms with Crippen LogP contribution in [0.15, 0.2) is 36.7 Å². The van der Waals surface area contributed by atoms with Gasteiger partial charge in [0.2, 0.25) is 0 Å². The molecule has 0 aliphatic heterocycles. The predicted octanol–water partition coefficient (Wildman–Crippen LogP) is 1.56. The summed E-state index contributed by atoms with van der Waals surface area (Å²) in [5, 5.41) is 4.20. The summed E-state index contributed by atoms with van der Waals surface area (Å²) in [5.41, 5.74) is 6.45. The van der Waals surface area contributed by atoms with Crippen molar-refractivity contribution in [3.8, 4) is 17.2 Å². The summed E-state index contributed by atoms with van der Waals surface area (Å²) < 4.78 is 12.2. The third kappa shape index (κ3) is 2.76. The Bertz CT molecular complexity index is 494. The summed E-state index contributed by atoms with van der Waals surface area (Å²) >= 11 is 0. The van der Waals surface area contributed by atoms with Gasteiger partial charge in [0.15, 0.2) is 5.75 Å². The largest absolute Gasteiger partial charge is 0.497 e. The number of aromatic nitrogens is 2. The highest BCUT2D eigenvalue weighted by Crippen LogP contribution is 2.18. The van der Waals surface area contributed by atoms with Crippen molar-refractivity contribution in [3.05, 3.63) is 36.7 Å². The van der Waals surface area contributed by atoms with E-state index < -0.39 is 0 Å². The summed E-state index contributed by atoms with van der Waals surface area (Å²) in [6.45, 7) is 1.77. The minimum atomic E-state index is -0.349. The van der Waals surface area contributed by atoms with Crippen molar-refractivity contribution >= 4 is 0 Å². The normalized spacial score (nSPS) is 12.2. The zero-order chi connectivity index (χ0) is 12.3. The highest BCUT2D eigenvalue weighted by molar-refractivity contribution is 5.39. The van der Waals surface area contributed by atoms with E-state index in [2.05, 4.69) is 5.10 Å². The molecule has 1 aromatic carbocycles. The molecule has 0 fully saturated rings. The Morgan fingerprint density at radius 3 is 2.88 bits per heavy atom. The van der Waals surface area contributed by atoms with Gasteiger partial charge < -0.3 is 9.47 Å². The van der Waals surface area contributed by atoms with Crippen LogP contribution in [0.25, 0.3) is 5.69 Å². The van der Waals surface area contributed by atoms with Crippen molar-refractivity contribution in [3.63, 3.8) is 0 Å². The van der Waals surface area contributed by atoms with Crippen LogP contribution in [0, 0.1) is 0 Å². The molecule has 0 aliphatic rings. The molecular formula is C12H15N3O2. The molecular weight excluding hydrogens is 218 g/mol. The van der Waals surface area contributed by atoms with Gasteiger partial charge >= 0.3 is 0 Å². The molecule has 1 unspecified atom stereocenters. The lowest BCUT2D eigenvalue weighted by molar-refractivity contribution is 0.230. The van der Waals surface area contributed by atoms with Crippen LogP contribution in [-0.4, -0.2) is 23.1 Å². The molecule has 0 saturated heterocycles. The van der Waals surface area contributed by atoms with Crippen molar-refractivity contribution in [1.82, 2.24) is 9.78 Å². The highest BCUT2D eigenvalue weighted by atomic mass is 16.5. The van der Waals surface area contributed by atoms with Crippen molar-refractivity contribution in [2.45, 2.75) is 13.2 Å². The van der Waals surface area contributed by atoms with Gasteiger partial charge in [-0.3, -0.25) is 5.73 Å². The molecule has 17 heavy (non-hydrogen) atoms. The number of nitrogens with zero attached hydrogens (tertiary/aromatic N) is 2. The lowest BCUT2D eigenvalue weighted by Gasteiger charge is -2.06. The Hall–Kier alpha value is -2.01. The number of benzene rings is 1. The van der Waals surface area contributed by atoms with Gasteiger partial charge in [-0.15, -0.1) is 0 Å². The van der Waals surface area contributed by atoms with Crippen LogP contribution < -0.4 is 15.2 Å². The number of hydrogen-bond donors (Lipinski definition) is 1. The maximum atomic E-state index is 5.54. The average molecular weight is 233 g/mol. The van der Waals surface area contributed by atoms with Gasteiger partial charge in [0.05, 0.1) is 25.2 Å². The molecule has 2 rings (SSSR count). The second-order valence-electron chi connectivity index (χ2n) is 3.65. The minimum absolute atomic E-state index is 0.349. The third-order valence-electron chi connectivity index (χ3n) is 2.20. The monoisotopic (exact) mass is 233 g/mol. The second kappa shape index (κ2) is 4.88. The molecule has 2 aromatic rings. The van der Waals surface area contributed by atoms with E-state index in [0.29, 0.717) is 5.75 Å². The molecule has 0 bridgehead atoms. The molecule has 0 amide bonds. The van der Waals surface area contributed by atoms with Gasteiger partial charge in [-0.05, 0) is 19.1 Å². The van der Waals surface area contributed by atoms with E-state index in [1.165, 1.54) is 0 Å². The Kier molecular flexibility index (Phi) is 3.30. The number of methoxy groups -OCH3 is 1. The summed E-state index contributed by atoms with van der Waals surface area (Å²) in [6.07, 6.45) is 3.05. The van der Waals surface area contributed by atoms with E-state index in [9.17, 15) is 0 Å². The standard InChI is InChI=1S/C12H15N3O2/c1-9(13)17-12-7-14-15(8-12)10-4-3-5-11(6-10)16-2/h3-9H,13H2,1-2H3. The minimum Gasteiger partial charge on any atom is -0.497 e. The topological polar surface area (TPSA) is 62.3 Å². The Labute approximate surface area is 99.8 Å². The van der Waals surface area contributed by atoms with Gasteiger partial charge in [-0.25, -0.2) is 4.68 Å². The molecule has 0 radical (unpaired) electrons. The second-order valence-corrected chi connectivity index (χ2v) is 3.65. The van der Waals surface area contributed by atoms with Crippen LogP contribution in [0.5, 0.6) is 11.5 Å². The summed E-state index contributed by atoms with van der Waals surface area (Å²) in [7, 11) is 1.63. The molecule has 2 N–H and O–H groups in total.